The Kier molecular flexibility index (Phi) is 6.67. The van der Waals surface area contributed by atoms with E-state index in [-0.39, 0.29) is 5.57 Å². The van der Waals surface area contributed by atoms with Gasteiger partial charge in [-0.1, -0.05) is 23.7 Å². The Balaban J connectivity index is 2.29. The second-order valence-corrected chi connectivity index (χ2v) is 6.58. The number of rotatable bonds is 6. The average Bonchev–Trinajstić information content (AvgIpc) is 2.59. The topological polar surface area (TPSA) is 85.3 Å². The summed E-state index contributed by atoms with van der Waals surface area (Å²) in [5.41, 5.74) is 6.61. The monoisotopic (exact) mass is 468 g/mol. The molecule has 0 aromatic heterocycles. The molecule has 5 nitrogen and oxygen atoms in total. The lowest BCUT2D eigenvalue weighted by atomic mass is 10.1. The van der Waals surface area contributed by atoms with Gasteiger partial charge in [0.1, 0.15) is 18.2 Å². The number of benzene rings is 2. The number of nitrogens with two attached hydrogens (primary N) is 1. The zero-order valence-corrected chi connectivity index (χ0v) is 16.2. The number of ether oxygens (including phenoxy) is 2. The molecule has 2 aromatic carbocycles. The highest BCUT2D eigenvalue weighted by Crippen LogP contribution is 2.35. The Morgan fingerprint density at radius 3 is 2.60 bits per heavy atom. The van der Waals surface area contributed by atoms with Crippen LogP contribution in [-0.2, 0) is 11.4 Å². The summed E-state index contributed by atoms with van der Waals surface area (Å²) in [6.07, 6.45) is 1.41. The van der Waals surface area contributed by atoms with Crippen LogP contribution in [0, 0.1) is 14.9 Å². The van der Waals surface area contributed by atoms with Gasteiger partial charge >= 0.3 is 0 Å². The lowest BCUT2D eigenvalue weighted by Gasteiger charge is -2.14. The molecule has 0 radical (unpaired) electrons. The highest BCUT2D eigenvalue weighted by atomic mass is 127. The van der Waals surface area contributed by atoms with Gasteiger partial charge in [-0.3, -0.25) is 4.79 Å². The van der Waals surface area contributed by atoms with Gasteiger partial charge in [-0.15, -0.1) is 0 Å². The number of hydrogen-bond acceptors (Lipinski definition) is 4. The number of carbonyl (C=O) groups is 1. The van der Waals surface area contributed by atoms with E-state index in [1.807, 2.05) is 12.1 Å². The molecule has 0 spiro atoms. The molecule has 0 saturated heterocycles. The minimum Gasteiger partial charge on any atom is -0.493 e. The summed E-state index contributed by atoms with van der Waals surface area (Å²) in [7, 11) is 1.52. The maximum Gasteiger partial charge on any atom is 0.259 e. The number of halogens is 2. The molecule has 0 bridgehead atoms. The number of hydrogen-bond donors (Lipinski definition) is 1. The lowest BCUT2D eigenvalue weighted by molar-refractivity contribution is -0.114. The lowest BCUT2D eigenvalue weighted by Crippen LogP contribution is -2.12. The zero-order chi connectivity index (χ0) is 18.4. The van der Waals surface area contributed by atoms with Gasteiger partial charge in [-0.2, -0.15) is 5.26 Å². The van der Waals surface area contributed by atoms with Crippen LogP contribution in [0.25, 0.3) is 6.08 Å². The number of methoxy groups -OCH3 is 1. The fourth-order valence-electron chi connectivity index (χ4n) is 2.02. The predicted molar refractivity (Wildman–Crippen MR) is 104 cm³/mol. The van der Waals surface area contributed by atoms with Crippen LogP contribution in [0.2, 0.25) is 5.02 Å². The van der Waals surface area contributed by atoms with E-state index in [9.17, 15) is 4.79 Å². The Hall–Kier alpha value is -2.24. The van der Waals surface area contributed by atoms with Crippen molar-refractivity contribution in [3.8, 4) is 17.6 Å². The van der Waals surface area contributed by atoms with E-state index in [0.29, 0.717) is 28.7 Å². The quantitative estimate of drug-likeness (QED) is 0.395. The molecule has 128 valence electrons. The summed E-state index contributed by atoms with van der Waals surface area (Å²) >= 11 is 7.98. The van der Waals surface area contributed by atoms with Gasteiger partial charge < -0.3 is 15.2 Å². The number of amides is 1. The van der Waals surface area contributed by atoms with Crippen molar-refractivity contribution in [3.05, 3.63) is 61.7 Å². The van der Waals surface area contributed by atoms with Crippen LogP contribution < -0.4 is 15.2 Å². The molecular weight excluding hydrogens is 455 g/mol. The average molecular weight is 469 g/mol. The smallest absolute Gasteiger partial charge is 0.259 e. The summed E-state index contributed by atoms with van der Waals surface area (Å²) in [5, 5.41) is 9.61. The molecule has 7 heteroatoms. The Bertz CT molecular complexity index is 858. The van der Waals surface area contributed by atoms with Crippen LogP contribution in [0.3, 0.4) is 0 Å². The Labute approximate surface area is 164 Å². The van der Waals surface area contributed by atoms with Gasteiger partial charge in [-0.25, -0.2) is 0 Å². The first-order chi connectivity index (χ1) is 11.9. The first-order valence-corrected chi connectivity index (χ1v) is 8.56. The number of nitrogens with zero attached hydrogens (tertiary/aromatic N) is 1. The molecule has 0 unspecified atom stereocenters. The molecular formula is C18H14ClIN2O3. The van der Waals surface area contributed by atoms with Crippen LogP contribution in [0.5, 0.6) is 11.5 Å². The van der Waals surface area contributed by atoms with E-state index in [2.05, 4.69) is 22.6 Å². The van der Waals surface area contributed by atoms with Crippen molar-refractivity contribution in [3.63, 3.8) is 0 Å². The molecule has 2 rings (SSSR count). The number of nitriles is 1. The van der Waals surface area contributed by atoms with Crippen molar-refractivity contribution in [1.29, 1.82) is 5.26 Å². The second-order valence-electron chi connectivity index (χ2n) is 4.98. The van der Waals surface area contributed by atoms with E-state index >= 15 is 0 Å². The van der Waals surface area contributed by atoms with Gasteiger partial charge in [0, 0.05) is 5.02 Å². The Morgan fingerprint density at radius 2 is 2.04 bits per heavy atom. The van der Waals surface area contributed by atoms with E-state index < -0.39 is 5.91 Å². The summed E-state index contributed by atoms with van der Waals surface area (Å²) in [5.74, 6) is 0.293. The highest BCUT2D eigenvalue weighted by Gasteiger charge is 2.13. The van der Waals surface area contributed by atoms with Gasteiger partial charge in [0.15, 0.2) is 11.5 Å². The zero-order valence-electron chi connectivity index (χ0n) is 13.3. The largest absolute Gasteiger partial charge is 0.493 e. The van der Waals surface area contributed by atoms with Crippen molar-refractivity contribution in [2.75, 3.05) is 7.11 Å². The Morgan fingerprint density at radius 1 is 1.36 bits per heavy atom. The van der Waals surface area contributed by atoms with Crippen molar-refractivity contribution >= 4 is 46.2 Å². The van der Waals surface area contributed by atoms with Crippen molar-refractivity contribution in [2.24, 2.45) is 5.73 Å². The molecule has 0 saturated carbocycles. The third-order valence-corrected chi connectivity index (χ3v) is 4.30. The van der Waals surface area contributed by atoms with E-state index in [1.165, 1.54) is 13.2 Å². The maximum absolute atomic E-state index is 11.2. The van der Waals surface area contributed by atoms with Gasteiger partial charge in [-0.05, 0) is 64.1 Å². The van der Waals surface area contributed by atoms with Gasteiger partial charge in [0.05, 0.1) is 10.7 Å². The third kappa shape index (κ3) is 5.11. The molecule has 0 aliphatic heterocycles. The molecule has 25 heavy (non-hydrogen) atoms. The summed E-state index contributed by atoms with van der Waals surface area (Å²) in [6, 6.07) is 12.6. The molecule has 0 aliphatic rings. The first kappa shape index (κ1) is 19.1. The van der Waals surface area contributed by atoms with Crippen LogP contribution in [0.4, 0.5) is 0 Å². The SMILES string of the molecule is COc1cc(/C=C(/C#N)C(N)=O)cc(I)c1OCc1ccc(Cl)cc1. The van der Waals surface area contributed by atoms with Gasteiger partial charge in [0.25, 0.3) is 5.91 Å². The predicted octanol–water partition coefficient (Wildman–Crippen LogP) is 3.92. The fourth-order valence-corrected chi connectivity index (χ4v) is 2.93. The summed E-state index contributed by atoms with van der Waals surface area (Å²) < 4.78 is 12.0. The van der Waals surface area contributed by atoms with Crippen LogP contribution in [-0.4, -0.2) is 13.0 Å². The van der Waals surface area contributed by atoms with Crippen LogP contribution in [0.15, 0.2) is 42.0 Å². The highest BCUT2D eigenvalue weighted by molar-refractivity contribution is 14.1. The second kappa shape index (κ2) is 8.74. The molecule has 0 fully saturated rings. The minimum absolute atomic E-state index is 0.132. The number of carbonyl (C=O) groups excluding carboxylic acids is 1. The first-order valence-electron chi connectivity index (χ1n) is 7.11. The minimum atomic E-state index is -0.778. The van der Waals surface area contributed by atoms with Crippen molar-refractivity contribution in [2.45, 2.75) is 6.61 Å². The van der Waals surface area contributed by atoms with E-state index in [4.69, 9.17) is 32.1 Å². The van der Waals surface area contributed by atoms with Crippen molar-refractivity contribution in [1.82, 2.24) is 0 Å². The van der Waals surface area contributed by atoms with Gasteiger partial charge in [0.2, 0.25) is 0 Å². The molecule has 0 atom stereocenters. The molecule has 1 amide bonds. The molecule has 0 heterocycles. The summed E-state index contributed by atoms with van der Waals surface area (Å²) in [4.78, 5) is 11.2. The fraction of sp³-hybridized carbons (Fsp3) is 0.111. The standard InChI is InChI=1S/C18H14ClIN2O3/c1-24-16-8-12(6-13(9-21)18(22)23)7-15(20)17(16)25-10-11-2-4-14(19)5-3-11/h2-8H,10H2,1H3,(H2,22,23)/b13-6-. The van der Waals surface area contributed by atoms with E-state index in [1.54, 1.807) is 30.3 Å². The van der Waals surface area contributed by atoms with Crippen molar-refractivity contribution < 1.29 is 14.3 Å². The van der Waals surface area contributed by atoms with Crippen LogP contribution >= 0.6 is 34.2 Å². The maximum atomic E-state index is 11.2. The van der Waals surface area contributed by atoms with Crippen LogP contribution in [0.1, 0.15) is 11.1 Å². The summed E-state index contributed by atoms with van der Waals surface area (Å²) in [6.45, 7) is 0.351. The normalized spacial score (nSPS) is 10.9. The molecule has 2 N–H and O–H groups in total. The van der Waals surface area contributed by atoms with E-state index in [0.717, 1.165) is 9.13 Å². The third-order valence-electron chi connectivity index (χ3n) is 3.25. The molecule has 2 aromatic rings. The molecule has 0 aliphatic carbocycles. The number of primary amides is 1.